The maximum Gasteiger partial charge on any atom is 0.416 e. The van der Waals surface area contributed by atoms with E-state index in [0.717, 1.165) is 16.9 Å². The number of anilines is 1. The first-order valence-electron chi connectivity index (χ1n) is 9.42. The zero-order valence-corrected chi connectivity index (χ0v) is 19.5. The molecular weight excluding hydrogens is 498 g/mol. The zero-order chi connectivity index (χ0) is 22.3. The summed E-state index contributed by atoms with van der Waals surface area (Å²) in [5.74, 6) is 0.937. The first kappa shape index (κ1) is 22.1. The Morgan fingerprint density at radius 1 is 1.29 bits per heavy atom. The molecule has 31 heavy (non-hydrogen) atoms. The summed E-state index contributed by atoms with van der Waals surface area (Å²) in [4.78, 5) is 17.0. The molecule has 0 spiro atoms. The molecule has 1 unspecified atom stereocenters. The minimum Gasteiger partial charge on any atom is -0.497 e. The number of thiophene rings is 1. The molecule has 0 saturated carbocycles. The van der Waals surface area contributed by atoms with Gasteiger partial charge in [0.15, 0.2) is 5.75 Å². The van der Waals surface area contributed by atoms with E-state index in [0.29, 0.717) is 25.8 Å². The molecule has 0 saturated heterocycles. The maximum atomic E-state index is 14.3. The van der Waals surface area contributed by atoms with Crippen LogP contribution in [0.3, 0.4) is 0 Å². The molecule has 2 aliphatic rings. The molecule has 2 aromatic rings. The fraction of sp³-hybridized carbons (Fsp3) is 0.450. The molecule has 7 nitrogen and oxygen atoms in total. The number of nitrogens with zero attached hydrogens (tertiary/aromatic N) is 2. The van der Waals surface area contributed by atoms with Gasteiger partial charge < -0.3 is 28.7 Å². The Balaban J connectivity index is 1.75. The van der Waals surface area contributed by atoms with Gasteiger partial charge in [-0.05, 0) is 28.1 Å². The molecule has 1 atom stereocenters. The number of benzene rings is 1. The summed E-state index contributed by atoms with van der Waals surface area (Å²) in [6.45, 7) is -0.0406. The number of methoxy groups -OCH3 is 3. The summed E-state index contributed by atoms with van der Waals surface area (Å²) in [6, 6.07) is 4.87. The fourth-order valence-corrected chi connectivity index (χ4v) is 5.57. The first-order chi connectivity index (χ1) is 14.8. The summed E-state index contributed by atoms with van der Waals surface area (Å²) in [5.41, 5.74) is 1.16. The van der Waals surface area contributed by atoms with Crippen LogP contribution in [0.15, 0.2) is 22.0 Å². The number of hydrogen-bond acceptors (Lipinski definition) is 7. The van der Waals surface area contributed by atoms with Gasteiger partial charge in [-0.3, -0.25) is 4.79 Å². The van der Waals surface area contributed by atoms with E-state index >= 15 is 0 Å². The summed E-state index contributed by atoms with van der Waals surface area (Å²) in [7, 11) is 4.61. The molecule has 4 rings (SSSR count). The van der Waals surface area contributed by atoms with Crippen molar-refractivity contribution in [2.45, 2.75) is 18.7 Å². The molecule has 11 heteroatoms. The van der Waals surface area contributed by atoms with Crippen molar-refractivity contribution in [3.8, 4) is 17.2 Å². The highest BCUT2D eigenvalue weighted by Gasteiger charge is 2.49. The number of rotatable bonds is 6. The van der Waals surface area contributed by atoms with Crippen LogP contribution < -0.4 is 19.1 Å². The number of carbonyl (C=O) groups is 1. The molecule has 0 N–H and O–H groups in total. The minimum atomic E-state index is -3.38. The third-order valence-electron chi connectivity index (χ3n) is 5.26. The highest BCUT2D eigenvalue weighted by Crippen LogP contribution is 2.52. The monoisotopic (exact) mass is 518 g/mol. The first-order valence-corrected chi connectivity index (χ1v) is 11.0. The summed E-state index contributed by atoms with van der Waals surface area (Å²) in [5, 5.41) is 0. The second kappa shape index (κ2) is 8.44. The van der Waals surface area contributed by atoms with Gasteiger partial charge in [-0.15, -0.1) is 11.3 Å². The van der Waals surface area contributed by atoms with Crippen LogP contribution in [-0.4, -0.2) is 64.0 Å². The Morgan fingerprint density at radius 2 is 2.06 bits per heavy atom. The number of halogens is 3. The van der Waals surface area contributed by atoms with Gasteiger partial charge in [-0.1, -0.05) is 0 Å². The molecule has 1 aromatic carbocycles. The normalized spacial score (nSPS) is 19.5. The van der Waals surface area contributed by atoms with Crippen LogP contribution in [0, 0.1) is 0 Å². The Bertz CT molecular complexity index is 1000. The largest absolute Gasteiger partial charge is 0.497 e. The van der Waals surface area contributed by atoms with Crippen molar-refractivity contribution in [1.82, 2.24) is 4.90 Å². The average molecular weight is 519 g/mol. The van der Waals surface area contributed by atoms with Crippen LogP contribution in [0.2, 0.25) is 0 Å². The number of hydrogen-bond donors (Lipinski definition) is 0. The van der Waals surface area contributed by atoms with Crippen LogP contribution in [-0.2, 0) is 11.3 Å². The highest BCUT2D eigenvalue weighted by molar-refractivity contribution is 9.11. The van der Waals surface area contributed by atoms with Crippen molar-refractivity contribution in [3.05, 3.63) is 32.4 Å². The standard InChI is InChI=1S/C20H21BrF2N2O5S/c1-27-9-12-8-24(7-11-4-5-13(28-2)6-14(11)29-3)19(26)17-15-16(18(21)31-17)30-20(22,23)10-25(12)15/h4-6,12H,7-10H2,1-3H3. The van der Waals surface area contributed by atoms with E-state index < -0.39 is 18.7 Å². The molecule has 1 amide bonds. The van der Waals surface area contributed by atoms with Gasteiger partial charge in [0, 0.05) is 31.8 Å². The molecule has 2 aliphatic heterocycles. The smallest absolute Gasteiger partial charge is 0.416 e. The Labute approximate surface area is 190 Å². The van der Waals surface area contributed by atoms with E-state index in [1.807, 2.05) is 6.07 Å². The molecule has 0 bridgehead atoms. The maximum absolute atomic E-state index is 14.3. The van der Waals surface area contributed by atoms with Crippen LogP contribution in [0.4, 0.5) is 14.5 Å². The lowest BCUT2D eigenvalue weighted by Crippen LogP contribution is -2.53. The Hall–Kier alpha value is -2.11. The molecule has 3 heterocycles. The number of ether oxygens (including phenoxy) is 4. The van der Waals surface area contributed by atoms with Crippen LogP contribution >= 0.6 is 27.3 Å². The van der Waals surface area contributed by atoms with Gasteiger partial charge in [-0.25, -0.2) is 0 Å². The zero-order valence-electron chi connectivity index (χ0n) is 17.1. The van der Waals surface area contributed by atoms with E-state index in [9.17, 15) is 13.6 Å². The summed E-state index contributed by atoms with van der Waals surface area (Å²) in [6.07, 6.45) is -3.38. The van der Waals surface area contributed by atoms with E-state index in [4.69, 9.17) is 18.9 Å². The van der Waals surface area contributed by atoms with E-state index in [1.165, 1.54) is 12.0 Å². The van der Waals surface area contributed by atoms with Gasteiger partial charge in [0.25, 0.3) is 5.91 Å². The SMILES string of the molecule is COCC1CN(Cc2ccc(OC)cc2OC)C(=O)c2sc(Br)c3c2N1CC(F)(F)O3. The van der Waals surface area contributed by atoms with Crippen LogP contribution in [0.25, 0.3) is 0 Å². The van der Waals surface area contributed by atoms with Gasteiger partial charge in [0.05, 0.1) is 26.9 Å². The lowest BCUT2D eigenvalue weighted by molar-refractivity contribution is -0.173. The van der Waals surface area contributed by atoms with E-state index in [2.05, 4.69) is 15.9 Å². The van der Waals surface area contributed by atoms with Crippen LogP contribution in [0.1, 0.15) is 15.2 Å². The number of alkyl halides is 2. The topological polar surface area (TPSA) is 60.5 Å². The molecule has 168 valence electrons. The molecule has 0 aliphatic carbocycles. The van der Waals surface area contributed by atoms with Crippen molar-refractivity contribution in [1.29, 1.82) is 0 Å². The Kier molecular flexibility index (Phi) is 6.01. The van der Waals surface area contributed by atoms with Crippen LogP contribution in [0.5, 0.6) is 17.2 Å². The molecule has 0 radical (unpaired) electrons. The van der Waals surface area contributed by atoms with Gasteiger partial charge in [0.2, 0.25) is 0 Å². The third kappa shape index (κ3) is 4.06. The van der Waals surface area contributed by atoms with Crippen molar-refractivity contribution in [3.63, 3.8) is 0 Å². The van der Waals surface area contributed by atoms with Gasteiger partial charge in [-0.2, -0.15) is 8.78 Å². The third-order valence-corrected chi connectivity index (χ3v) is 7.04. The Morgan fingerprint density at radius 3 is 2.74 bits per heavy atom. The molecular formula is C20H21BrF2N2O5S. The molecule has 1 aromatic heterocycles. The summed E-state index contributed by atoms with van der Waals surface area (Å²) < 4.78 is 50.0. The predicted octanol–water partition coefficient (Wildman–Crippen LogP) is 3.99. The van der Waals surface area contributed by atoms with E-state index in [-0.39, 0.29) is 31.4 Å². The van der Waals surface area contributed by atoms with Gasteiger partial charge >= 0.3 is 6.11 Å². The lowest BCUT2D eigenvalue weighted by atomic mass is 10.1. The van der Waals surface area contributed by atoms with Crippen molar-refractivity contribution in [2.24, 2.45) is 0 Å². The second-order valence-corrected chi connectivity index (χ2v) is 9.56. The number of amides is 1. The fourth-order valence-electron chi connectivity index (χ4n) is 3.88. The predicted molar refractivity (Wildman–Crippen MR) is 115 cm³/mol. The second-order valence-electron chi connectivity index (χ2n) is 7.22. The van der Waals surface area contributed by atoms with Crippen molar-refractivity contribution < 1.29 is 32.5 Å². The lowest BCUT2D eigenvalue weighted by Gasteiger charge is -2.39. The van der Waals surface area contributed by atoms with Gasteiger partial charge in [0.1, 0.15) is 32.4 Å². The minimum absolute atomic E-state index is 0.00502. The quantitative estimate of drug-likeness (QED) is 0.576. The average Bonchev–Trinajstić information content (AvgIpc) is 3.02. The highest BCUT2D eigenvalue weighted by atomic mass is 79.9. The van der Waals surface area contributed by atoms with Crippen molar-refractivity contribution >= 4 is 38.9 Å². The van der Waals surface area contributed by atoms with Crippen molar-refractivity contribution in [2.75, 3.05) is 45.9 Å². The van der Waals surface area contributed by atoms with E-state index in [1.54, 1.807) is 31.3 Å². The number of carbonyl (C=O) groups excluding carboxylic acids is 1. The molecule has 0 fully saturated rings. The summed E-state index contributed by atoms with van der Waals surface area (Å²) >= 11 is 4.38.